The Morgan fingerprint density at radius 2 is 1.16 bits per heavy atom. The van der Waals surface area contributed by atoms with Crippen LogP contribution < -0.4 is 9.47 Å². The third-order valence-electron chi connectivity index (χ3n) is 5.23. The standard InChI is InChI=1S/C29H26F6O2/c1-5-9-11-23(7-3)36-25-17-13-21(14-18-25)27(28(30,31)32,29(33,34)35)22-15-19-26(20-16-22)37-24(8-4)12-10-6-2/h5-20H,1,4H2,2-3H3/b10-6-,11-9-,23-7+,24-12+. The van der Waals surface area contributed by atoms with Crippen LogP contribution in [-0.2, 0) is 5.41 Å². The van der Waals surface area contributed by atoms with Gasteiger partial charge in [-0.15, -0.1) is 0 Å². The van der Waals surface area contributed by atoms with Crippen molar-refractivity contribution < 1.29 is 35.8 Å². The lowest BCUT2D eigenvalue weighted by molar-refractivity contribution is -0.288. The van der Waals surface area contributed by atoms with Gasteiger partial charge in [0.15, 0.2) is 0 Å². The maximum absolute atomic E-state index is 14.4. The normalized spacial score (nSPS) is 13.7. The van der Waals surface area contributed by atoms with Gasteiger partial charge >= 0.3 is 12.4 Å². The van der Waals surface area contributed by atoms with E-state index in [0.717, 1.165) is 48.5 Å². The third kappa shape index (κ3) is 6.64. The van der Waals surface area contributed by atoms with E-state index in [2.05, 4.69) is 13.2 Å². The van der Waals surface area contributed by atoms with E-state index >= 15 is 0 Å². The van der Waals surface area contributed by atoms with Crippen molar-refractivity contribution in [2.24, 2.45) is 0 Å². The molecule has 0 N–H and O–H groups in total. The smallest absolute Gasteiger partial charge is 0.411 e. The summed E-state index contributed by atoms with van der Waals surface area (Å²) >= 11 is 0. The van der Waals surface area contributed by atoms with Gasteiger partial charge < -0.3 is 9.47 Å². The van der Waals surface area contributed by atoms with E-state index < -0.39 is 28.9 Å². The van der Waals surface area contributed by atoms with Crippen LogP contribution in [0.15, 0.2) is 122 Å². The maximum atomic E-state index is 14.4. The van der Waals surface area contributed by atoms with Crippen LogP contribution in [0.2, 0.25) is 0 Å². The first-order valence-corrected chi connectivity index (χ1v) is 11.1. The fourth-order valence-electron chi connectivity index (χ4n) is 3.49. The molecule has 0 saturated heterocycles. The van der Waals surface area contributed by atoms with Crippen molar-refractivity contribution in [1.29, 1.82) is 0 Å². The molecule has 0 spiro atoms. The molecule has 0 fully saturated rings. The van der Waals surface area contributed by atoms with Crippen molar-refractivity contribution in [2.45, 2.75) is 31.6 Å². The van der Waals surface area contributed by atoms with E-state index in [1.54, 1.807) is 50.3 Å². The van der Waals surface area contributed by atoms with Crippen molar-refractivity contribution >= 4 is 0 Å². The van der Waals surface area contributed by atoms with Crippen LogP contribution in [-0.4, -0.2) is 12.4 Å². The van der Waals surface area contributed by atoms with Crippen LogP contribution in [0.3, 0.4) is 0 Å². The first-order valence-electron chi connectivity index (χ1n) is 11.1. The second-order valence-corrected chi connectivity index (χ2v) is 7.58. The Labute approximate surface area is 212 Å². The van der Waals surface area contributed by atoms with Crippen LogP contribution in [0.1, 0.15) is 25.0 Å². The molecule has 37 heavy (non-hydrogen) atoms. The summed E-state index contributed by atoms with van der Waals surface area (Å²) in [7, 11) is 0. The van der Waals surface area contributed by atoms with E-state index in [1.807, 2.05) is 0 Å². The highest BCUT2D eigenvalue weighted by Gasteiger charge is 2.72. The van der Waals surface area contributed by atoms with Gasteiger partial charge in [0.05, 0.1) is 0 Å². The second-order valence-electron chi connectivity index (χ2n) is 7.58. The summed E-state index contributed by atoms with van der Waals surface area (Å²) in [6.45, 7) is 10.5. The highest BCUT2D eigenvalue weighted by Crippen LogP contribution is 2.56. The number of ether oxygens (including phenoxy) is 2. The van der Waals surface area contributed by atoms with E-state index in [1.165, 1.54) is 12.2 Å². The predicted octanol–water partition coefficient (Wildman–Crippen LogP) is 9.15. The zero-order valence-corrected chi connectivity index (χ0v) is 20.2. The Hall–Kier alpha value is -3.94. The topological polar surface area (TPSA) is 18.5 Å². The molecule has 0 atom stereocenters. The molecule has 0 aliphatic rings. The molecule has 2 rings (SSSR count). The molecule has 0 aliphatic heterocycles. The first-order chi connectivity index (χ1) is 17.4. The minimum atomic E-state index is -5.71. The summed E-state index contributed by atoms with van der Waals surface area (Å²) in [5.41, 5.74) is -6.29. The maximum Gasteiger partial charge on any atom is 0.411 e. The molecular weight excluding hydrogens is 494 g/mol. The third-order valence-corrected chi connectivity index (χ3v) is 5.23. The van der Waals surface area contributed by atoms with Gasteiger partial charge in [0.25, 0.3) is 0 Å². The van der Waals surface area contributed by atoms with Gasteiger partial charge in [-0.05, 0) is 73.5 Å². The molecule has 0 unspecified atom stereocenters. The van der Waals surface area contributed by atoms with E-state index in [4.69, 9.17) is 9.47 Å². The van der Waals surface area contributed by atoms with Gasteiger partial charge in [-0.1, -0.05) is 61.7 Å². The first kappa shape index (κ1) is 29.3. The summed E-state index contributed by atoms with van der Waals surface area (Å²) < 4.78 is 97.5. The molecule has 2 aromatic rings. The number of benzene rings is 2. The number of rotatable bonds is 10. The van der Waals surface area contributed by atoms with Crippen LogP contribution in [0.4, 0.5) is 26.3 Å². The van der Waals surface area contributed by atoms with Gasteiger partial charge in [0.1, 0.15) is 23.0 Å². The largest absolute Gasteiger partial charge is 0.458 e. The highest BCUT2D eigenvalue weighted by molar-refractivity contribution is 5.47. The van der Waals surface area contributed by atoms with Crippen LogP contribution in [0.25, 0.3) is 0 Å². The van der Waals surface area contributed by atoms with Crippen molar-refractivity contribution in [3.05, 3.63) is 133 Å². The number of alkyl halides is 6. The Bertz CT molecular complexity index is 1160. The molecule has 196 valence electrons. The lowest BCUT2D eigenvalue weighted by Crippen LogP contribution is -2.54. The van der Waals surface area contributed by atoms with Gasteiger partial charge in [-0.25, -0.2) is 0 Å². The summed E-state index contributed by atoms with van der Waals surface area (Å²) in [6, 6.07) is 7.28. The van der Waals surface area contributed by atoms with Crippen molar-refractivity contribution in [2.75, 3.05) is 0 Å². The van der Waals surface area contributed by atoms with Crippen LogP contribution in [0, 0.1) is 0 Å². The van der Waals surface area contributed by atoms with Gasteiger partial charge in [0, 0.05) is 0 Å². The van der Waals surface area contributed by atoms with Gasteiger partial charge in [-0.2, -0.15) is 26.3 Å². The molecule has 0 amide bonds. The van der Waals surface area contributed by atoms with Gasteiger partial charge in [0.2, 0.25) is 5.41 Å². The van der Waals surface area contributed by atoms with Gasteiger partial charge in [-0.3, -0.25) is 0 Å². The monoisotopic (exact) mass is 520 g/mol. The average Bonchev–Trinajstić information content (AvgIpc) is 2.84. The fraction of sp³-hybridized carbons (Fsp3) is 0.172. The Morgan fingerprint density at radius 3 is 1.51 bits per heavy atom. The number of halogens is 6. The quantitative estimate of drug-likeness (QED) is 0.177. The molecule has 0 radical (unpaired) electrons. The summed E-state index contributed by atoms with van der Waals surface area (Å²) in [4.78, 5) is 0. The number of allylic oxidation sites excluding steroid dienone is 8. The zero-order valence-electron chi connectivity index (χ0n) is 20.2. The molecule has 0 saturated carbocycles. The Kier molecular flexibility index (Phi) is 9.77. The van der Waals surface area contributed by atoms with Crippen molar-refractivity contribution in [3.8, 4) is 11.5 Å². The minimum absolute atomic E-state index is 0.0489. The summed E-state index contributed by atoms with van der Waals surface area (Å²) in [5, 5.41) is 0. The molecule has 0 aliphatic carbocycles. The lowest BCUT2D eigenvalue weighted by atomic mass is 9.73. The van der Waals surface area contributed by atoms with Crippen molar-refractivity contribution in [3.63, 3.8) is 0 Å². The zero-order chi connectivity index (χ0) is 27.7. The van der Waals surface area contributed by atoms with E-state index in [9.17, 15) is 26.3 Å². The summed E-state index contributed by atoms with van der Waals surface area (Å²) in [6.07, 6.45) is 1.03. The molecule has 2 nitrogen and oxygen atoms in total. The highest BCUT2D eigenvalue weighted by atomic mass is 19.4. The summed E-state index contributed by atoms with van der Waals surface area (Å²) in [5.74, 6) is 0.719. The molecule has 0 bridgehead atoms. The van der Waals surface area contributed by atoms with E-state index in [-0.39, 0.29) is 17.3 Å². The molecular formula is C29H26F6O2. The minimum Gasteiger partial charge on any atom is -0.458 e. The van der Waals surface area contributed by atoms with Crippen LogP contribution >= 0.6 is 0 Å². The number of hydrogen-bond acceptors (Lipinski definition) is 2. The Morgan fingerprint density at radius 1 is 0.703 bits per heavy atom. The van der Waals surface area contributed by atoms with E-state index in [0.29, 0.717) is 5.76 Å². The molecule has 2 aromatic carbocycles. The SMILES string of the molecule is C=C/C=C\C(=C/C)Oc1ccc(C(c2ccc(O/C(C=C)=C/C=C\C)cc2)(C(F)(F)F)C(F)(F)F)cc1. The molecule has 8 heteroatoms. The second kappa shape index (κ2) is 12.3. The average molecular weight is 521 g/mol. The Balaban J connectivity index is 2.58. The molecule has 0 heterocycles. The molecule has 0 aromatic heterocycles. The number of hydrogen-bond donors (Lipinski definition) is 0. The lowest BCUT2D eigenvalue weighted by Gasteiger charge is -2.38. The van der Waals surface area contributed by atoms with Crippen molar-refractivity contribution in [1.82, 2.24) is 0 Å². The predicted molar refractivity (Wildman–Crippen MR) is 133 cm³/mol. The van der Waals surface area contributed by atoms with Crippen LogP contribution in [0.5, 0.6) is 11.5 Å². The fourth-order valence-corrected chi connectivity index (χ4v) is 3.49.